The lowest BCUT2D eigenvalue weighted by Crippen LogP contribution is -2.68. The molecule has 0 aliphatic carbocycles. The van der Waals surface area contributed by atoms with Gasteiger partial charge in [0.05, 0.1) is 4.90 Å². The Balaban J connectivity index is 1.32. The topological polar surface area (TPSA) is 55.8 Å². The summed E-state index contributed by atoms with van der Waals surface area (Å²) < 4.78 is 20.5. The number of anilines is 1. The summed E-state index contributed by atoms with van der Waals surface area (Å²) in [6.45, 7) is 5.69. The SMILES string of the molecule is O=S(O)c1cccc(N2CCC(CN3C4CNCC3C4)CC2)c1. The van der Waals surface area contributed by atoms with Crippen LogP contribution in [0.1, 0.15) is 19.3 Å². The summed E-state index contributed by atoms with van der Waals surface area (Å²) in [5.74, 6) is 0.796. The molecule has 3 fully saturated rings. The normalized spacial score (nSPS) is 30.0. The smallest absolute Gasteiger partial charge is 0.186 e. The third kappa shape index (κ3) is 3.18. The van der Waals surface area contributed by atoms with Crippen LogP contribution in [0.25, 0.3) is 0 Å². The summed E-state index contributed by atoms with van der Waals surface area (Å²) in [5.41, 5.74) is 1.08. The fourth-order valence-electron chi connectivity index (χ4n) is 4.32. The first kappa shape index (κ1) is 15.6. The fraction of sp³-hybridized carbons (Fsp3) is 0.647. The van der Waals surface area contributed by atoms with Gasteiger partial charge in [-0.05, 0) is 43.4 Å². The molecule has 2 bridgehead atoms. The van der Waals surface area contributed by atoms with Gasteiger partial charge in [0.15, 0.2) is 11.1 Å². The maximum absolute atomic E-state index is 11.2. The van der Waals surface area contributed by atoms with E-state index in [1.54, 1.807) is 6.07 Å². The molecule has 3 unspecified atom stereocenters. The molecular formula is C17H25N3O2S. The van der Waals surface area contributed by atoms with E-state index in [-0.39, 0.29) is 0 Å². The molecule has 0 radical (unpaired) electrons. The van der Waals surface area contributed by atoms with Crippen molar-refractivity contribution in [2.75, 3.05) is 37.6 Å². The number of nitrogens with one attached hydrogen (secondary N) is 1. The third-order valence-electron chi connectivity index (χ3n) is 5.71. The summed E-state index contributed by atoms with van der Waals surface area (Å²) in [4.78, 5) is 5.56. The fourth-order valence-corrected chi connectivity index (χ4v) is 4.74. The number of piperazine rings is 1. The van der Waals surface area contributed by atoms with Crippen molar-refractivity contribution in [1.82, 2.24) is 10.2 Å². The minimum atomic E-state index is -1.89. The highest BCUT2D eigenvalue weighted by Gasteiger charge is 2.42. The monoisotopic (exact) mass is 335 g/mol. The van der Waals surface area contributed by atoms with Gasteiger partial charge in [-0.3, -0.25) is 4.90 Å². The highest BCUT2D eigenvalue weighted by atomic mass is 32.2. The van der Waals surface area contributed by atoms with Gasteiger partial charge in [0.2, 0.25) is 0 Å². The van der Waals surface area contributed by atoms with Gasteiger partial charge < -0.3 is 14.8 Å². The Labute approximate surface area is 140 Å². The summed E-state index contributed by atoms with van der Waals surface area (Å²) in [6.07, 6.45) is 3.82. The first-order chi connectivity index (χ1) is 11.2. The van der Waals surface area contributed by atoms with Crippen LogP contribution >= 0.6 is 0 Å². The number of nitrogens with zero attached hydrogens (tertiary/aromatic N) is 2. The molecule has 3 aliphatic rings. The Kier molecular flexibility index (Phi) is 4.41. The molecule has 6 heteroatoms. The van der Waals surface area contributed by atoms with Crippen LogP contribution in [0.5, 0.6) is 0 Å². The van der Waals surface area contributed by atoms with Gasteiger partial charge in [-0.15, -0.1) is 0 Å². The number of fused-ring (bicyclic) bond motifs is 2. The van der Waals surface area contributed by atoms with Crippen LogP contribution in [0.3, 0.4) is 0 Å². The van der Waals surface area contributed by atoms with Crippen molar-refractivity contribution in [3.8, 4) is 0 Å². The second kappa shape index (κ2) is 6.51. The Bertz CT molecular complexity index is 575. The number of hydrogen-bond donors (Lipinski definition) is 2. The molecule has 126 valence electrons. The highest BCUT2D eigenvalue weighted by Crippen LogP contribution is 2.32. The van der Waals surface area contributed by atoms with Crippen molar-refractivity contribution in [3.05, 3.63) is 24.3 Å². The Hall–Kier alpha value is -0.950. The van der Waals surface area contributed by atoms with E-state index in [1.807, 2.05) is 18.2 Å². The Morgan fingerprint density at radius 1 is 1.22 bits per heavy atom. The van der Waals surface area contributed by atoms with Gasteiger partial charge >= 0.3 is 0 Å². The molecule has 5 nitrogen and oxygen atoms in total. The van der Waals surface area contributed by atoms with E-state index in [0.717, 1.165) is 36.8 Å². The van der Waals surface area contributed by atoms with E-state index in [0.29, 0.717) is 4.90 Å². The molecule has 2 N–H and O–H groups in total. The predicted molar refractivity (Wildman–Crippen MR) is 92.2 cm³/mol. The van der Waals surface area contributed by atoms with Gasteiger partial charge in [-0.25, -0.2) is 4.21 Å². The van der Waals surface area contributed by atoms with E-state index < -0.39 is 11.1 Å². The van der Waals surface area contributed by atoms with Crippen LogP contribution in [-0.2, 0) is 11.1 Å². The molecule has 0 saturated carbocycles. The molecule has 23 heavy (non-hydrogen) atoms. The summed E-state index contributed by atoms with van der Waals surface area (Å²) in [5, 5.41) is 3.50. The first-order valence-corrected chi connectivity index (χ1v) is 9.73. The van der Waals surface area contributed by atoms with Crippen LogP contribution in [-0.4, -0.2) is 58.5 Å². The average molecular weight is 335 g/mol. The lowest BCUT2D eigenvalue weighted by Gasteiger charge is -2.54. The van der Waals surface area contributed by atoms with Crippen LogP contribution in [0.15, 0.2) is 29.2 Å². The van der Waals surface area contributed by atoms with Crippen LogP contribution < -0.4 is 10.2 Å². The van der Waals surface area contributed by atoms with E-state index in [4.69, 9.17) is 0 Å². The molecule has 4 rings (SSSR count). The molecule has 3 aliphatic heterocycles. The zero-order chi connectivity index (χ0) is 15.8. The van der Waals surface area contributed by atoms with Crippen LogP contribution in [0.4, 0.5) is 5.69 Å². The summed E-state index contributed by atoms with van der Waals surface area (Å²) in [6, 6.07) is 9.04. The number of rotatable bonds is 4. The number of piperidine rings is 2. The van der Waals surface area contributed by atoms with Crippen LogP contribution in [0.2, 0.25) is 0 Å². The Morgan fingerprint density at radius 2 is 1.96 bits per heavy atom. The van der Waals surface area contributed by atoms with Crippen molar-refractivity contribution >= 4 is 16.8 Å². The molecule has 3 heterocycles. The van der Waals surface area contributed by atoms with Crippen LogP contribution in [0, 0.1) is 5.92 Å². The number of hydrogen-bond acceptors (Lipinski definition) is 4. The second-order valence-corrected chi connectivity index (χ2v) is 8.05. The van der Waals surface area contributed by atoms with Crippen molar-refractivity contribution in [1.29, 1.82) is 0 Å². The highest BCUT2D eigenvalue weighted by molar-refractivity contribution is 7.79. The molecule has 1 aromatic carbocycles. The van der Waals surface area contributed by atoms with Crippen molar-refractivity contribution in [2.24, 2.45) is 5.92 Å². The minimum absolute atomic E-state index is 0.491. The van der Waals surface area contributed by atoms with Crippen molar-refractivity contribution in [3.63, 3.8) is 0 Å². The quantitative estimate of drug-likeness (QED) is 0.818. The summed E-state index contributed by atoms with van der Waals surface area (Å²) >= 11 is -1.89. The average Bonchev–Trinajstić information content (AvgIpc) is 2.61. The zero-order valence-corrected chi connectivity index (χ0v) is 14.2. The van der Waals surface area contributed by atoms with E-state index in [1.165, 1.54) is 38.9 Å². The molecule has 0 amide bonds. The van der Waals surface area contributed by atoms with Crippen molar-refractivity contribution in [2.45, 2.75) is 36.2 Å². The molecule has 1 aromatic rings. The van der Waals surface area contributed by atoms with Gasteiger partial charge in [0, 0.05) is 50.5 Å². The first-order valence-electron chi connectivity index (χ1n) is 8.63. The van der Waals surface area contributed by atoms with E-state index >= 15 is 0 Å². The lowest BCUT2D eigenvalue weighted by atomic mass is 9.85. The van der Waals surface area contributed by atoms with Gasteiger partial charge in [0.25, 0.3) is 0 Å². The van der Waals surface area contributed by atoms with Gasteiger partial charge in [-0.1, -0.05) is 6.07 Å². The lowest BCUT2D eigenvalue weighted by molar-refractivity contribution is -0.0273. The molecule has 0 aromatic heterocycles. The largest absolute Gasteiger partial charge is 0.371 e. The maximum Gasteiger partial charge on any atom is 0.186 e. The predicted octanol–water partition coefficient (Wildman–Crippen LogP) is 1.53. The Morgan fingerprint density at radius 3 is 2.61 bits per heavy atom. The standard InChI is InChI=1S/C17H25N3O2S/c21-23(22)17-3-1-2-14(9-17)19-6-4-13(5-7-19)12-20-15-8-16(20)11-18-10-15/h1-3,9,13,15-16,18H,4-8,10-12H2,(H,21,22). The van der Waals surface area contributed by atoms with Gasteiger partial charge in [-0.2, -0.15) is 0 Å². The minimum Gasteiger partial charge on any atom is -0.371 e. The molecule has 3 atom stereocenters. The second-order valence-electron chi connectivity index (χ2n) is 7.08. The van der Waals surface area contributed by atoms with Crippen molar-refractivity contribution < 1.29 is 8.76 Å². The number of benzene rings is 1. The van der Waals surface area contributed by atoms with E-state index in [2.05, 4.69) is 15.1 Å². The molecule has 0 spiro atoms. The van der Waals surface area contributed by atoms with Gasteiger partial charge in [0.1, 0.15) is 0 Å². The molecular weight excluding hydrogens is 310 g/mol. The summed E-state index contributed by atoms with van der Waals surface area (Å²) in [7, 11) is 0. The molecule has 3 saturated heterocycles. The zero-order valence-electron chi connectivity index (χ0n) is 13.4. The van der Waals surface area contributed by atoms with E-state index in [9.17, 15) is 8.76 Å². The third-order valence-corrected chi connectivity index (χ3v) is 6.37. The maximum atomic E-state index is 11.2.